The summed E-state index contributed by atoms with van der Waals surface area (Å²) in [5, 5.41) is 20.5. The quantitative estimate of drug-likeness (QED) is 0.671. The number of allylic oxidation sites excluding steroid dienone is 2. The van der Waals surface area contributed by atoms with Crippen LogP contribution in [0.4, 0.5) is 4.39 Å². The summed E-state index contributed by atoms with van der Waals surface area (Å²) in [7, 11) is 0. The zero-order valence-electron chi connectivity index (χ0n) is 13.8. The Kier molecular flexibility index (Phi) is 3.30. The third-order valence-electron chi connectivity index (χ3n) is 7.97. The van der Waals surface area contributed by atoms with Crippen molar-refractivity contribution in [2.75, 3.05) is 0 Å². The molecule has 0 saturated heterocycles. The second-order valence-electron chi connectivity index (χ2n) is 8.90. The van der Waals surface area contributed by atoms with Crippen molar-refractivity contribution in [3.63, 3.8) is 0 Å². The molecule has 0 radical (unpaired) electrons. The van der Waals surface area contributed by atoms with Crippen molar-refractivity contribution in [2.24, 2.45) is 28.6 Å². The number of aliphatic hydroxyl groups excluding tert-OH is 2. The molecular formula is C19H29FO2. The van der Waals surface area contributed by atoms with Gasteiger partial charge in [0.1, 0.15) is 6.17 Å². The Hall–Kier alpha value is -0.410. The topological polar surface area (TPSA) is 40.5 Å². The van der Waals surface area contributed by atoms with Crippen LogP contribution in [0.1, 0.15) is 58.8 Å². The Morgan fingerprint density at radius 1 is 1.18 bits per heavy atom. The normalized spacial score (nSPS) is 57.6. The average molecular weight is 308 g/mol. The number of rotatable bonds is 0. The predicted octanol–water partition coefficient (Wildman–Crippen LogP) is 3.62. The molecule has 4 rings (SSSR count). The van der Waals surface area contributed by atoms with E-state index in [4.69, 9.17) is 0 Å². The lowest BCUT2D eigenvalue weighted by Crippen LogP contribution is -2.51. The molecule has 3 saturated carbocycles. The lowest BCUT2D eigenvalue weighted by Gasteiger charge is -2.57. The third-order valence-corrected chi connectivity index (χ3v) is 7.97. The van der Waals surface area contributed by atoms with Gasteiger partial charge in [-0.3, -0.25) is 0 Å². The van der Waals surface area contributed by atoms with Gasteiger partial charge in [-0.25, -0.2) is 4.39 Å². The van der Waals surface area contributed by atoms with E-state index in [-0.39, 0.29) is 16.9 Å². The molecule has 8 atom stereocenters. The number of fused-ring (bicyclic) bond motifs is 5. The number of halogens is 1. The van der Waals surface area contributed by atoms with E-state index in [1.165, 1.54) is 5.57 Å². The molecule has 0 aromatic rings. The lowest BCUT2D eigenvalue weighted by molar-refractivity contribution is -0.0805. The van der Waals surface area contributed by atoms with Gasteiger partial charge in [0.15, 0.2) is 0 Å². The van der Waals surface area contributed by atoms with Crippen molar-refractivity contribution in [3.8, 4) is 0 Å². The largest absolute Gasteiger partial charge is 0.393 e. The van der Waals surface area contributed by atoms with Crippen LogP contribution >= 0.6 is 0 Å². The molecular weight excluding hydrogens is 279 g/mol. The molecule has 0 amide bonds. The molecule has 124 valence electrons. The summed E-state index contributed by atoms with van der Waals surface area (Å²) in [5.74, 6) is 1.33. The first-order chi connectivity index (χ1) is 10.4. The summed E-state index contributed by atoms with van der Waals surface area (Å²) >= 11 is 0. The molecule has 22 heavy (non-hydrogen) atoms. The minimum absolute atomic E-state index is 0.0985. The van der Waals surface area contributed by atoms with Crippen LogP contribution in [0.5, 0.6) is 0 Å². The fraction of sp³-hybridized carbons (Fsp3) is 0.895. The van der Waals surface area contributed by atoms with E-state index < -0.39 is 12.3 Å². The van der Waals surface area contributed by atoms with Gasteiger partial charge in [-0.1, -0.05) is 25.5 Å². The molecule has 0 aliphatic heterocycles. The highest BCUT2D eigenvalue weighted by atomic mass is 19.1. The Morgan fingerprint density at radius 3 is 2.73 bits per heavy atom. The minimum atomic E-state index is -1.05. The smallest absolute Gasteiger partial charge is 0.127 e. The monoisotopic (exact) mass is 308 g/mol. The first-order valence-electron chi connectivity index (χ1n) is 9.06. The third kappa shape index (κ3) is 1.84. The molecule has 4 aliphatic rings. The predicted molar refractivity (Wildman–Crippen MR) is 84.0 cm³/mol. The number of aliphatic hydroxyl groups is 2. The van der Waals surface area contributed by atoms with Crippen LogP contribution in [0.2, 0.25) is 0 Å². The van der Waals surface area contributed by atoms with E-state index in [1.54, 1.807) is 0 Å². The van der Waals surface area contributed by atoms with Gasteiger partial charge < -0.3 is 10.2 Å². The highest BCUT2D eigenvalue weighted by Crippen LogP contribution is 2.65. The van der Waals surface area contributed by atoms with E-state index in [0.29, 0.717) is 24.2 Å². The van der Waals surface area contributed by atoms with E-state index in [9.17, 15) is 14.6 Å². The fourth-order valence-electron chi connectivity index (χ4n) is 6.68. The van der Waals surface area contributed by atoms with Crippen molar-refractivity contribution in [1.29, 1.82) is 0 Å². The van der Waals surface area contributed by atoms with Crippen LogP contribution < -0.4 is 0 Å². The maximum absolute atomic E-state index is 14.2. The lowest BCUT2D eigenvalue weighted by atomic mass is 9.48. The summed E-state index contributed by atoms with van der Waals surface area (Å²) < 4.78 is 14.2. The zero-order valence-corrected chi connectivity index (χ0v) is 13.8. The maximum Gasteiger partial charge on any atom is 0.127 e. The van der Waals surface area contributed by atoms with Crippen molar-refractivity contribution in [2.45, 2.75) is 77.2 Å². The van der Waals surface area contributed by atoms with Gasteiger partial charge in [0.25, 0.3) is 0 Å². The van der Waals surface area contributed by atoms with E-state index in [2.05, 4.69) is 19.9 Å². The summed E-state index contributed by atoms with van der Waals surface area (Å²) in [5.41, 5.74) is 1.40. The van der Waals surface area contributed by atoms with Crippen LogP contribution in [-0.4, -0.2) is 28.6 Å². The molecule has 2 N–H and O–H groups in total. The van der Waals surface area contributed by atoms with Gasteiger partial charge in [0, 0.05) is 0 Å². The summed E-state index contributed by atoms with van der Waals surface area (Å²) in [4.78, 5) is 0. The van der Waals surface area contributed by atoms with Gasteiger partial charge in [-0.15, -0.1) is 0 Å². The number of hydrogen-bond acceptors (Lipinski definition) is 2. The van der Waals surface area contributed by atoms with Crippen molar-refractivity contribution in [1.82, 2.24) is 0 Å². The molecule has 0 bridgehead atoms. The van der Waals surface area contributed by atoms with Gasteiger partial charge >= 0.3 is 0 Å². The van der Waals surface area contributed by atoms with E-state index >= 15 is 0 Å². The summed E-state index contributed by atoms with van der Waals surface area (Å²) in [6.45, 7) is 4.44. The molecule has 0 spiro atoms. The molecule has 0 heterocycles. The number of alkyl halides is 1. The van der Waals surface area contributed by atoms with Crippen LogP contribution in [0.15, 0.2) is 11.6 Å². The highest BCUT2D eigenvalue weighted by Gasteiger charge is 2.61. The summed E-state index contributed by atoms with van der Waals surface area (Å²) in [6, 6.07) is 0. The molecule has 0 aromatic heterocycles. The Bertz CT molecular complexity index is 504. The molecule has 3 fully saturated rings. The van der Waals surface area contributed by atoms with E-state index in [1.807, 2.05) is 0 Å². The first-order valence-corrected chi connectivity index (χ1v) is 9.06. The molecule has 3 heteroatoms. The Balaban J connectivity index is 1.69. The van der Waals surface area contributed by atoms with Crippen LogP contribution in [0.25, 0.3) is 0 Å². The highest BCUT2D eigenvalue weighted by molar-refractivity contribution is 5.25. The van der Waals surface area contributed by atoms with Crippen LogP contribution in [-0.2, 0) is 0 Å². The molecule has 0 unspecified atom stereocenters. The Labute approximate surface area is 132 Å². The summed E-state index contributed by atoms with van der Waals surface area (Å²) in [6.07, 6.45) is 6.74. The molecule has 4 aliphatic carbocycles. The first kappa shape index (κ1) is 15.1. The number of hydrogen-bond donors (Lipinski definition) is 2. The van der Waals surface area contributed by atoms with Gasteiger partial charge in [-0.05, 0) is 73.5 Å². The fourth-order valence-corrected chi connectivity index (χ4v) is 6.68. The van der Waals surface area contributed by atoms with Crippen LogP contribution in [0, 0.1) is 28.6 Å². The van der Waals surface area contributed by atoms with Crippen molar-refractivity contribution >= 4 is 0 Å². The van der Waals surface area contributed by atoms with Gasteiger partial charge in [-0.2, -0.15) is 0 Å². The van der Waals surface area contributed by atoms with Crippen LogP contribution in [0.3, 0.4) is 0 Å². The van der Waals surface area contributed by atoms with Gasteiger partial charge in [0.2, 0.25) is 0 Å². The zero-order chi connectivity index (χ0) is 15.7. The second-order valence-corrected chi connectivity index (χ2v) is 8.90. The average Bonchev–Trinajstić information content (AvgIpc) is 2.70. The van der Waals surface area contributed by atoms with Crippen molar-refractivity contribution in [3.05, 3.63) is 11.6 Å². The standard InChI is InChI=1S/C19H29FO2/c1-18-8-7-14-13(15(18)9-16(20)17(18)22)6-4-11-3-5-12(21)10-19(11,14)2/h4,12-17,21-22H,3,5-10H2,1-2H3/t12-,13+,14-,15-,16+,17+,18-,19-/m0/s1. The SMILES string of the molecule is C[C@]12CC[C@H]3[C@@H](CC=C4CC[C@H](O)C[C@@]43C)[C@@H]1C[C@@H](F)[C@H]2O. The molecule has 0 aromatic carbocycles. The van der Waals surface area contributed by atoms with Crippen molar-refractivity contribution < 1.29 is 14.6 Å². The maximum atomic E-state index is 14.2. The minimum Gasteiger partial charge on any atom is -0.393 e. The Morgan fingerprint density at radius 2 is 1.95 bits per heavy atom. The van der Waals surface area contributed by atoms with E-state index in [0.717, 1.165) is 38.5 Å². The van der Waals surface area contributed by atoms with Gasteiger partial charge in [0.05, 0.1) is 12.2 Å². The second kappa shape index (κ2) is 4.80. The molecule has 2 nitrogen and oxygen atoms in total.